The number of anilines is 1. The number of likely N-dealkylation sites (N-methyl/N-ethyl adjacent to an activating group) is 1. The van der Waals surface area contributed by atoms with Crippen molar-refractivity contribution >= 4 is 33.0 Å². The Bertz CT molecular complexity index is 1030. The average Bonchev–Trinajstić information content (AvgIpc) is 3.20. The van der Waals surface area contributed by atoms with Crippen molar-refractivity contribution in [1.29, 1.82) is 0 Å². The lowest BCUT2D eigenvalue weighted by Crippen LogP contribution is -2.44. The molecule has 0 saturated heterocycles. The number of hydrogen-bond acceptors (Lipinski definition) is 7. The van der Waals surface area contributed by atoms with Crippen LogP contribution in [0.3, 0.4) is 0 Å². The van der Waals surface area contributed by atoms with Gasteiger partial charge in [0.1, 0.15) is 22.6 Å². The van der Waals surface area contributed by atoms with Gasteiger partial charge in [-0.3, -0.25) is 9.52 Å². The minimum atomic E-state index is -4.93. The lowest BCUT2D eigenvalue weighted by molar-refractivity contribution is -0.139. The van der Waals surface area contributed by atoms with Crippen LogP contribution in [-0.2, 0) is 21.0 Å². The van der Waals surface area contributed by atoms with Crippen LogP contribution in [-0.4, -0.2) is 56.1 Å². The summed E-state index contributed by atoms with van der Waals surface area (Å²) >= 11 is 0.914. The third-order valence-electron chi connectivity index (χ3n) is 4.89. The number of nitrogens with zero attached hydrogens (tertiary/aromatic N) is 2. The van der Waals surface area contributed by atoms with Gasteiger partial charge in [-0.2, -0.15) is 13.2 Å². The van der Waals surface area contributed by atoms with E-state index in [1.54, 1.807) is 14.1 Å². The van der Waals surface area contributed by atoms with Gasteiger partial charge in [0.05, 0.1) is 5.56 Å². The molecule has 0 spiro atoms. The van der Waals surface area contributed by atoms with Crippen molar-refractivity contribution in [3.8, 4) is 5.75 Å². The fourth-order valence-electron chi connectivity index (χ4n) is 3.47. The summed E-state index contributed by atoms with van der Waals surface area (Å²) in [6.45, 7) is -0.250. The second-order valence-corrected chi connectivity index (χ2v) is 9.84. The van der Waals surface area contributed by atoms with E-state index in [1.807, 2.05) is 9.62 Å². The van der Waals surface area contributed by atoms with Gasteiger partial charge in [-0.1, -0.05) is 6.42 Å². The zero-order chi connectivity index (χ0) is 24.8. The molecule has 1 fully saturated rings. The predicted octanol–water partition coefficient (Wildman–Crippen LogP) is 4.05. The van der Waals surface area contributed by atoms with E-state index < -0.39 is 44.3 Å². The first-order valence-corrected chi connectivity index (χ1v) is 12.0. The molecule has 0 bridgehead atoms. The number of thiazole rings is 1. The topological polar surface area (TPSA) is 109 Å². The number of carbonyl (C=O) groups is 1. The normalized spacial score (nSPS) is 18.9. The molecule has 1 aliphatic carbocycles. The van der Waals surface area contributed by atoms with E-state index in [1.165, 1.54) is 11.6 Å². The summed E-state index contributed by atoms with van der Waals surface area (Å²) in [7, 11) is -1.01. The first-order chi connectivity index (χ1) is 15.4. The van der Waals surface area contributed by atoms with Crippen molar-refractivity contribution in [2.75, 3.05) is 18.8 Å². The number of hydrogen-bond donors (Lipinski definition) is 2. The van der Waals surface area contributed by atoms with Crippen LogP contribution in [0, 0.1) is 5.82 Å². The van der Waals surface area contributed by atoms with Gasteiger partial charge in [-0.05, 0) is 39.4 Å². The molecule has 1 aromatic heterocycles. The highest BCUT2D eigenvalue weighted by Gasteiger charge is 2.39. The van der Waals surface area contributed by atoms with Gasteiger partial charge in [0.2, 0.25) is 0 Å². The number of sulfonamides is 1. The van der Waals surface area contributed by atoms with Crippen LogP contribution in [0.15, 0.2) is 28.6 Å². The van der Waals surface area contributed by atoms with Gasteiger partial charge in [0.15, 0.2) is 5.13 Å². The number of alkyl halides is 3. The lowest BCUT2D eigenvalue weighted by Gasteiger charge is -2.36. The lowest BCUT2D eigenvalue weighted by atomic mass is 9.91. The molecule has 184 valence electrons. The predicted molar refractivity (Wildman–Crippen MR) is 113 cm³/mol. The molecule has 33 heavy (non-hydrogen) atoms. The SMILES string of the molecule is CN(C)[C@H]1CCCC[C@@H]1Oc1cc(F)c(S(=O)(=O)Nc2nccs2)cc1C(F)(F)F.O=CO. The maximum absolute atomic E-state index is 14.7. The van der Waals surface area contributed by atoms with Crippen LogP contribution < -0.4 is 9.46 Å². The third kappa shape index (κ3) is 7.01. The summed E-state index contributed by atoms with van der Waals surface area (Å²) in [5.74, 6) is -2.05. The van der Waals surface area contributed by atoms with Crippen molar-refractivity contribution in [2.24, 2.45) is 0 Å². The molecule has 3 rings (SSSR count). The van der Waals surface area contributed by atoms with Gasteiger partial charge >= 0.3 is 6.18 Å². The Morgan fingerprint density at radius 1 is 1.27 bits per heavy atom. The van der Waals surface area contributed by atoms with Crippen LogP contribution in [0.4, 0.5) is 22.7 Å². The molecule has 1 aliphatic rings. The molecular formula is C19H23F4N3O5S2. The average molecular weight is 514 g/mol. The summed E-state index contributed by atoms with van der Waals surface area (Å²) in [4.78, 5) is 12.8. The first kappa shape index (κ1) is 26.8. The fourth-order valence-corrected chi connectivity index (χ4v) is 5.35. The highest BCUT2D eigenvalue weighted by Crippen LogP contribution is 2.40. The van der Waals surface area contributed by atoms with Crippen molar-refractivity contribution in [1.82, 2.24) is 9.88 Å². The van der Waals surface area contributed by atoms with Gasteiger partial charge < -0.3 is 14.7 Å². The smallest absolute Gasteiger partial charge is 0.420 e. The molecule has 0 aliphatic heterocycles. The highest BCUT2D eigenvalue weighted by molar-refractivity contribution is 7.93. The van der Waals surface area contributed by atoms with Crippen molar-refractivity contribution < 1.29 is 40.6 Å². The summed E-state index contributed by atoms with van der Waals surface area (Å²) < 4.78 is 88.2. The van der Waals surface area contributed by atoms with Crippen LogP contribution in [0.2, 0.25) is 0 Å². The number of aromatic nitrogens is 1. The third-order valence-corrected chi connectivity index (χ3v) is 7.06. The molecule has 1 saturated carbocycles. The van der Waals surface area contributed by atoms with Gasteiger partial charge in [0.25, 0.3) is 16.5 Å². The zero-order valence-corrected chi connectivity index (χ0v) is 19.3. The second-order valence-electron chi connectivity index (χ2n) is 7.30. The quantitative estimate of drug-likeness (QED) is 0.443. The van der Waals surface area contributed by atoms with E-state index in [0.29, 0.717) is 12.5 Å². The van der Waals surface area contributed by atoms with Gasteiger partial charge in [-0.25, -0.2) is 17.8 Å². The molecule has 0 unspecified atom stereocenters. The number of rotatable bonds is 6. The summed E-state index contributed by atoms with van der Waals surface area (Å²) in [5, 5.41) is 8.27. The second kappa shape index (κ2) is 11.1. The minimum Gasteiger partial charge on any atom is -0.488 e. The molecule has 0 amide bonds. The van der Waals surface area contributed by atoms with Gasteiger partial charge in [0, 0.05) is 23.7 Å². The molecule has 1 heterocycles. The molecule has 2 atom stereocenters. The standard InChI is InChI=1S/C18H21F4N3O3S2.CH2O2/c1-25(2)13-5-3-4-6-14(13)28-15-10-12(19)16(9-11(15)18(20,21)22)30(26,27)24-17-23-7-8-29-17;2-1-3/h7-10,13-14H,3-6H2,1-2H3,(H,23,24);1H,(H,2,3)/t13-,14-;/m0./s1. The van der Waals surface area contributed by atoms with E-state index in [-0.39, 0.29) is 23.7 Å². The van der Waals surface area contributed by atoms with Crippen LogP contribution >= 0.6 is 11.3 Å². The van der Waals surface area contributed by atoms with Crippen LogP contribution in [0.1, 0.15) is 31.2 Å². The minimum absolute atomic E-state index is 0.0840. The Labute approximate surface area is 192 Å². The van der Waals surface area contributed by atoms with E-state index in [4.69, 9.17) is 14.6 Å². The summed E-state index contributed by atoms with van der Waals surface area (Å²) in [5.41, 5.74) is -1.34. The molecule has 2 aromatic rings. The number of carboxylic acid groups (broad SMARTS) is 1. The molecule has 0 radical (unpaired) electrons. The van der Waals surface area contributed by atoms with Crippen LogP contribution in [0.25, 0.3) is 0 Å². The molecule has 1 aromatic carbocycles. The number of nitrogens with one attached hydrogen (secondary N) is 1. The number of ether oxygens (including phenoxy) is 1. The van der Waals surface area contributed by atoms with Crippen molar-refractivity contribution in [2.45, 2.75) is 48.9 Å². The maximum atomic E-state index is 14.7. The monoisotopic (exact) mass is 513 g/mol. The summed E-state index contributed by atoms with van der Waals surface area (Å²) in [6.07, 6.45) is -1.23. The van der Waals surface area contributed by atoms with Gasteiger partial charge in [-0.15, -0.1) is 11.3 Å². The van der Waals surface area contributed by atoms with E-state index in [9.17, 15) is 26.0 Å². The summed E-state index contributed by atoms with van der Waals surface area (Å²) in [6, 6.07) is 0.646. The fraction of sp³-hybridized carbons (Fsp3) is 0.474. The number of halogens is 4. The molecular weight excluding hydrogens is 490 g/mol. The van der Waals surface area contributed by atoms with Crippen LogP contribution in [0.5, 0.6) is 5.75 Å². The Morgan fingerprint density at radius 2 is 1.91 bits per heavy atom. The first-order valence-electron chi connectivity index (χ1n) is 9.64. The van der Waals surface area contributed by atoms with E-state index >= 15 is 0 Å². The Balaban J connectivity index is 0.00000122. The van der Waals surface area contributed by atoms with E-state index in [2.05, 4.69) is 4.98 Å². The Hall–Kier alpha value is -2.45. The Morgan fingerprint density at radius 3 is 2.45 bits per heavy atom. The van der Waals surface area contributed by atoms with Crippen molar-refractivity contribution in [3.63, 3.8) is 0 Å². The van der Waals surface area contributed by atoms with Crippen molar-refractivity contribution in [3.05, 3.63) is 35.1 Å². The molecule has 2 N–H and O–H groups in total. The highest BCUT2D eigenvalue weighted by atomic mass is 32.2. The van der Waals surface area contributed by atoms with E-state index in [0.717, 1.165) is 30.6 Å². The largest absolute Gasteiger partial charge is 0.488 e. The molecule has 14 heteroatoms. The maximum Gasteiger partial charge on any atom is 0.420 e. The molecule has 8 nitrogen and oxygen atoms in total. The number of benzene rings is 1. The zero-order valence-electron chi connectivity index (χ0n) is 17.7. The Kier molecular flexibility index (Phi) is 9.03.